The molecule has 0 saturated carbocycles. The molecule has 0 radical (unpaired) electrons. The number of anilines is 4. The molecule has 1 amide bonds. The predicted molar refractivity (Wildman–Crippen MR) is 118 cm³/mol. The average molecular weight is 423 g/mol. The molecule has 1 aliphatic heterocycles. The van der Waals surface area contributed by atoms with Gasteiger partial charge in [0.1, 0.15) is 17.7 Å². The molecule has 8 heteroatoms. The molecule has 1 aromatic heterocycles. The zero-order chi connectivity index (χ0) is 22.3. The molecule has 1 N–H and O–H groups in total. The number of benzene rings is 2. The summed E-state index contributed by atoms with van der Waals surface area (Å²) < 4.78 is 27.4. The molecule has 0 bridgehead atoms. The molecule has 1 atom stereocenters. The van der Waals surface area contributed by atoms with E-state index in [9.17, 15) is 13.6 Å². The second-order valence-electron chi connectivity index (χ2n) is 7.79. The molecule has 31 heavy (non-hydrogen) atoms. The standard InChI is InChI=1S/C23H23F2N5O/c1-13(2)30-14(3)22(31)29(4)20-8-6-16(12-21(20)30)27-23-26-10-9-19(28-23)17-7-5-15(24)11-18(17)25/h5-14H,1-4H3,(H,26,27,28). The van der Waals surface area contributed by atoms with E-state index in [2.05, 4.69) is 20.2 Å². The summed E-state index contributed by atoms with van der Waals surface area (Å²) in [6.07, 6.45) is 1.51. The summed E-state index contributed by atoms with van der Waals surface area (Å²) in [5.41, 5.74) is 3.02. The fraction of sp³-hybridized carbons (Fsp3) is 0.261. The van der Waals surface area contributed by atoms with E-state index >= 15 is 0 Å². The van der Waals surface area contributed by atoms with E-state index in [-0.39, 0.29) is 29.5 Å². The summed E-state index contributed by atoms with van der Waals surface area (Å²) in [5, 5.41) is 3.15. The van der Waals surface area contributed by atoms with Gasteiger partial charge in [-0.05, 0) is 57.2 Å². The first kappa shape index (κ1) is 20.7. The minimum Gasteiger partial charge on any atom is -0.356 e. The van der Waals surface area contributed by atoms with E-state index in [0.717, 1.165) is 23.1 Å². The Morgan fingerprint density at radius 2 is 1.84 bits per heavy atom. The predicted octanol–water partition coefficient (Wildman–Crippen LogP) is 4.75. The highest BCUT2D eigenvalue weighted by molar-refractivity contribution is 6.05. The molecule has 2 aromatic carbocycles. The third-order valence-electron chi connectivity index (χ3n) is 5.40. The summed E-state index contributed by atoms with van der Waals surface area (Å²) >= 11 is 0. The van der Waals surface area contributed by atoms with Crippen LogP contribution in [-0.2, 0) is 4.79 Å². The number of hydrogen-bond donors (Lipinski definition) is 1. The van der Waals surface area contributed by atoms with E-state index in [1.165, 1.54) is 18.3 Å². The summed E-state index contributed by atoms with van der Waals surface area (Å²) in [6.45, 7) is 5.98. The first-order chi connectivity index (χ1) is 14.8. The summed E-state index contributed by atoms with van der Waals surface area (Å²) in [6, 6.07) is 10.4. The van der Waals surface area contributed by atoms with Crippen molar-refractivity contribution < 1.29 is 13.6 Å². The van der Waals surface area contributed by atoms with E-state index in [1.807, 2.05) is 39.0 Å². The average Bonchev–Trinajstić information content (AvgIpc) is 2.72. The monoisotopic (exact) mass is 423 g/mol. The van der Waals surface area contributed by atoms with Crippen molar-refractivity contribution in [1.82, 2.24) is 9.97 Å². The Labute approximate surface area is 179 Å². The van der Waals surface area contributed by atoms with Crippen LogP contribution >= 0.6 is 0 Å². The number of nitrogens with one attached hydrogen (secondary N) is 1. The third kappa shape index (κ3) is 3.81. The number of rotatable bonds is 4. The van der Waals surface area contributed by atoms with Crippen LogP contribution in [0.15, 0.2) is 48.7 Å². The number of halogens is 2. The highest BCUT2D eigenvalue weighted by Gasteiger charge is 2.34. The number of fused-ring (bicyclic) bond motifs is 1. The first-order valence-corrected chi connectivity index (χ1v) is 10.0. The Balaban J connectivity index is 1.68. The lowest BCUT2D eigenvalue weighted by atomic mass is 10.0. The first-order valence-electron chi connectivity index (χ1n) is 10.0. The van der Waals surface area contributed by atoms with Crippen LogP contribution in [0.5, 0.6) is 0 Å². The van der Waals surface area contributed by atoms with Crippen molar-refractivity contribution in [3.05, 3.63) is 60.3 Å². The maximum absolute atomic E-state index is 14.1. The van der Waals surface area contributed by atoms with Crippen LogP contribution in [0.1, 0.15) is 20.8 Å². The molecule has 0 saturated heterocycles. The minimum absolute atomic E-state index is 0.0410. The molecule has 2 heterocycles. The van der Waals surface area contributed by atoms with Gasteiger partial charge >= 0.3 is 0 Å². The van der Waals surface area contributed by atoms with Crippen molar-refractivity contribution in [3.63, 3.8) is 0 Å². The Hall–Kier alpha value is -3.55. The van der Waals surface area contributed by atoms with Crippen molar-refractivity contribution >= 4 is 28.9 Å². The number of amides is 1. The van der Waals surface area contributed by atoms with Gasteiger partial charge in [-0.15, -0.1) is 0 Å². The van der Waals surface area contributed by atoms with E-state index in [4.69, 9.17) is 0 Å². The SMILES string of the molecule is CC(C)N1c2cc(Nc3nccc(-c4ccc(F)cc4F)n3)ccc2N(C)C(=O)C1C. The van der Waals surface area contributed by atoms with Crippen molar-refractivity contribution in [2.45, 2.75) is 32.9 Å². The van der Waals surface area contributed by atoms with Gasteiger partial charge in [0.2, 0.25) is 11.9 Å². The molecule has 6 nitrogen and oxygen atoms in total. The van der Waals surface area contributed by atoms with Crippen molar-refractivity contribution in [2.24, 2.45) is 0 Å². The van der Waals surface area contributed by atoms with Crippen LogP contribution in [0.4, 0.5) is 31.8 Å². The van der Waals surface area contributed by atoms with Crippen molar-refractivity contribution in [1.29, 1.82) is 0 Å². The van der Waals surface area contributed by atoms with Gasteiger partial charge in [-0.2, -0.15) is 0 Å². The molecule has 3 aromatic rings. The normalized spacial score (nSPS) is 16.0. The van der Waals surface area contributed by atoms with Gasteiger partial charge in [-0.3, -0.25) is 4.79 Å². The van der Waals surface area contributed by atoms with E-state index in [0.29, 0.717) is 5.69 Å². The second kappa shape index (κ2) is 7.94. The number of likely N-dealkylation sites (N-methyl/N-ethyl adjacent to an activating group) is 1. The lowest BCUT2D eigenvalue weighted by Gasteiger charge is -2.42. The minimum atomic E-state index is -0.687. The fourth-order valence-corrected chi connectivity index (χ4v) is 3.94. The van der Waals surface area contributed by atoms with Gasteiger partial charge in [-0.1, -0.05) is 0 Å². The quantitative estimate of drug-likeness (QED) is 0.657. The topological polar surface area (TPSA) is 61.4 Å². The number of hydrogen-bond acceptors (Lipinski definition) is 5. The van der Waals surface area contributed by atoms with E-state index in [1.54, 1.807) is 18.0 Å². The highest BCUT2D eigenvalue weighted by Crippen LogP contribution is 2.39. The van der Waals surface area contributed by atoms with Crippen LogP contribution in [0.3, 0.4) is 0 Å². The van der Waals surface area contributed by atoms with Crippen LogP contribution in [-0.4, -0.2) is 35.0 Å². The van der Waals surface area contributed by atoms with Gasteiger partial charge in [0.15, 0.2) is 0 Å². The Morgan fingerprint density at radius 3 is 2.55 bits per heavy atom. The smallest absolute Gasteiger partial charge is 0.249 e. The van der Waals surface area contributed by atoms with E-state index < -0.39 is 11.6 Å². The van der Waals surface area contributed by atoms with Crippen molar-refractivity contribution in [2.75, 3.05) is 22.2 Å². The van der Waals surface area contributed by atoms with Gasteiger partial charge < -0.3 is 15.1 Å². The lowest BCUT2D eigenvalue weighted by molar-refractivity contribution is -0.119. The third-order valence-corrected chi connectivity index (χ3v) is 5.40. The maximum atomic E-state index is 14.1. The molecular formula is C23H23F2N5O. The number of carbonyl (C=O) groups excluding carboxylic acids is 1. The molecule has 160 valence electrons. The Bertz CT molecular complexity index is 1150. The summed E-state index contributed by atoms with van der Waals surface area (Å²) in [4.78, 5) is 24.9. The second-order valence-corrected chi connectivity index (χ2v) is 7.79. The van der Waals surface area contributed by atoms with Crippen LogP contribution in [0, 0.1) is 11.6 Å². The Morgan fingerprint density at radius 1 is 1.06 bits per heavy atom. The molecule has 0 fully saturated rings. The molecule has 1 unspecified atom stereocenters. The van der Waals surface area contributed by atoms with Crippen LogP contribution < -0.4 is 15.1 Å². The molecular weight excluding hydrogens is 400 g/mol. The molecule has 4 rings (SSSR count). The molecule has 0 aliphatic carbocycles. The zero-order valence-electron chi connectivity index (χ0n) is 17.7. The number of aromatic nitrogens is 2. The van der Waals surface area contributed by atoms with Gasteiger partial charge in [0, 0.05) is 36.6 Å². The highest BCUT2D eigenvalue weighted by atomic mass is 19.1. The van der Waals surface area contributed by atoms with Gasteiger partial charge in [-0.25, -0.2) is 18.7 Å². The summed E-state index contributed by atoms with van der Waals surface area (Å²) in [5.74, 6) is -1.01. The Kier molecular flexibility index (Phi) is 5.31. The van der Waals surface area contributed by atoms with Gasteiger partial charge in [0.25, 0.3) is 0 Å². The lowest BCUT2D eigenvalue weighted by Crippen LogP contribution is -2.53. The summed E-state index contributed by atoms with van der Waals surface area (Å²) in [7, 11) is 1.77. The van der Waals surface area contributed by atoms with Crippen LogP contribution in [0.2, 0.25) is 0 Å². The number of carbonyl (C=O) groups is 1. The zero-order valence-corrected chi connectivity index (χ0v) is 17.7. The number of nitrogens with zero attached hydrogens (tertiary/aromatic N) is 4. The fourth-order valence-electron chi connectivity index (χ4n) is 3.94. The van der Waals surface area contributed by atoms with Gasteiger partial charge in [0.05, 0.1) is 17.1 Å². The molecule has 0 spiro atoms. The largest absolute Gasteiger partial charge is 0.356 e. The molecule has 1 aliphatic rings. The van der Waals surface area contributed by atoms with Crippen molar-refractivity contribution in [3.8, 4) is 11.3 Å². The van der Waals surface area contributed by atoms with Crippen LogP contribution in [0.25, 0.3) is 11.3 Å². The maximum Gasteiger partial charge on any atom is 0.249 e.